The molecule has 0 radical (unpaired) electrons. The number of phenols is 4. The number of carbonyl (C=O) groups is 8. The number of aliphatic hydroxyl groups excluding tert-OH is 10. The van der Waals surface area contributed by atoms with Crippen molar-refractivity contribution in [1.29, 1.82) is 0 Å². The van der Waals surface area contributed by atoms with Gasteiger partial charge in [-0.2, -0.15) is 0 Å². The molecule has 40 nitrogen and oxygen atoms in total. The van der Waals surface area contributed by atoms with Crippen LogP contribution in [0.5, 0.6) is 69.0 Å². The highest BCUT2D eigenvalue weighted by atomic mass is 35.5. The number of carbonyl (C=O) groups excluding carboxylic acids is 7. The van der Waals surface area contributed by atoms with Crippen LogP contribution in [-0.2, 0) is 63.7 Å². The molecule has 23 N–H and O–H groups in total. The fourth-order valence-electron chi connectivity index (χ4n) is 15.6. The second kappa shape index (κ2) is 36.3. The first-order valence-electron chi connectivity index (χ1n) is 38.8. The van der Waals surface area contributed by atoms with Crippen LogP contribution in [0, 0.1) is 5.92 Å². The van der Waals surface area contributed by atoms with Crippen LogP contribution in [0.2, 0.25) is 10.0 Å². The number of carboxylic acid groups (broad SMARTS) is 1. The number of fused-ring (bicyclic) bond motifs is 14. The number of halogens is 2. The number of aliphatic hydroxyl groups is 10. The summed E-state index contributed by atoms with van der Waals surface area (Å²) in [6.07, 6.45) is -27.9. The van der Waals surface area contributed by atoms with E-state index in [0.717, 1.165) is 79.7 Å². The Balaban J connectivity index is 1.04. The van der Waals surface area contributed by atoms with E-state index in [9.17, 15) is 86.2 Å². The molecule has 15 unspecified atom stereocenters. The molecule has 7 aromatic carbocycles. The molecule has 7 amide bonds. The van der Waals surface area contributed by atoms with E-state index in [2.05, 4.69) is 42.5 Å². The van der Waals surface area contributed by atoms with Crippen molar-refractivity contribution in [1.82, 2.24) is 42.5 Å². The number of benzene rings is 7. The molecule has 0 saturated carbocycles. The molecule has 42 heteroatoms. The molecule has 9 aliphatic heterocycles. The summed E-state index contributed by atoms with van der Waals surface area (Å²) < 4.78 is 57.1. The van der Waals surface area contributed by atoms with Gasteiger partial charge in [-0.25, -0.2) is 4.79 Å². The maximum Gasteiger partial charge on any atom is 0.330 e. The topological polar surface area (TPSA) is 619 Å². The van der Waals surface area contributed by atoms with Gasteiger partial charge in [0.05, 0.1) is 36.0 Å². The first-order valence-corrected chi connectivity index (χ1v) is 39.5. The Morgan fingerprint density at radius 3 is 1.65 bits per heavy atom. The van der Waals surface area contributed by atoms with Crippen molar-refractivity contribution >= 4 is 70.5 Å². The molecule has 3 fully saturated rings. The monoisotopic (exact) mass is 1760 g/mol. The van der Waals surface area contributed by atoms with Crippen LogP contribution in [0.15, 0.2) is 115 Å². The third kappa shape index (κ3) is 18.2. The zero-order valence-electron chi connectivity index (χ0n) is 65.6. The van der Waals surface area contributed by atoms with Crippen molar-refractivity contribution in [3.8, 4) is 80.1 Å². The van der Waals surface area contributed by atoms with Gasteiger partial charge in [0.1, 0.15) is 155 Å². The molecule has 16 rings (SSSR count). The van der Waals surface area contributed by atoms with Crippen molar-refractivity contribution in [2.24, 2.45) is 5.92 Å². The van der Waals surface area contributed by atoms with Gasteiger partial charge in [-0.15, -0.1) is 0 Å². The summed E-state index contributed by atoms with van der Waals surface area (Å²) in [5, 5.41) is 189. The standard InChI is InChI=1S/C82H86Cl2N8O32/c1-28(2)85-58-34-13-37(97)21-40(15-34)116-41-16-35(14-38(98)22-41)59-76(111)90-60-36-19-51(117-48-9-5-31(11-44(48)83)12-46(73(108)88-59)87-74(58)109)72(124-80-29(3)64(101)65(102)53(25-93)120-80)52(20-36)118-49-10-7-33(18-45(49)84)71(123-81-62(86-30(4)96)68(105)66(103)54(26-94)121-81)63-78(113)91-61(79(114)115)43-23-39(99)24-50(119-82-70(107)69(106)67(104)55(27-95)122-82)56(43)42-17-32(6-8-47(42)100)57(75(110)92-63)89-77(60)112/h5-11,13-24,28-29,46,53-55,57-71,80-82,85,93-95,97-107H,12,25-27H2,1-4H3,(H,86,96)(H,87,109)(H,88,108)(H,89,112)(H,90,111)(H,91,113)(H,92,110)(H,114,115)/t29?,46-,53?,54?,55?,57-,58-,59+,60-,61+,62?,63+,64?,65?,66?,67?,68?,69?,70?,71-,80?,81?,82?/m1/s1. The zero-order chi connectivity index (χ0) is 89.0. The van der Waals surface area contributed by atoms with Gasteiger partial charge in [0.25, 0.3) is 0 Å². The zero-order valence-corrected chi connectivity index (χ0v) is 67.1. The lowest BCUT2D eigenvalue weighted by atomic mass is 9.89. The van der Waals surface area contributed by atoms with E-state index in [1.807, 2.05) is 0 Å². The molecule has 9 heterocycles. The van der Waals surface area contributed by atoms with Crippen molar-refractivity contribution in [3.63, 3.8) is 0 Å². The van der Waals surface area contributed by atoms with E-state index >= 15 is 28.8 Å². The summed E-state index contributed by atoms with van der Waals surface area (Å²) in [5.74, 6) is -18.7. The normalized spacial score (nSPS) is 30.1. The van der Waals surface area contributed by atoms with Crippen LogP contribution in [-0.4, -0.2) is 248 Å². The largest absolute Gasteiger partial charge is 0.508 e. The number of hydrogen-bond donors (Lipinski definition) is 23. The highest BCUT2D eigenvalue weighted by Gasteiger charge is 2.52. The lowest BCUT2D eigenvalue weighted by molar-refractivity contribution is -0.284. The summed E-state index contributed by atoms with van der Waals surface area (Å²) in [4.78, 5) is 124. The van der Waals surface area contributed by atoms with Crippen LogP contribution in [0.1, 0.15) is 103 Å². The molecule has 3 saturated heterocycles. The van der Waals surface area contributed by atoms with E-state index < -0.39 is 304 Å². The third-order valence-corrected chi connectivity index (χ3v) is 22.4. The lowest BCUT2D eigenvalue weighted by Crippen LogP contribution is -2.65. The van der Waals surface area contributed by atoms with Crippen LogP contribution in [0.4, 0.5) is 0 Å². The number of aliphatic carboxylic acids is 1. The van der Waals surface area contributed by atoms with Crippen molar-refractivity contribution < 1.29 is 158 Å². The fraction of sp³-hybridized carbons (Fsp3) is 0.390. The second-order valence-electron chi connectivity index (χ2n) is 30.9. The van der Waals surface area contributed by atoms with Crippen LogP contribution >= 0.6 is 23.2 Å². The van der Waals surface area contributed by atoms with E-state index in [1.165, 1.54) is 49.4 Å². The Bertz CT molecular complexity index is 5320. The van der Waals surface area contributed by atoms with Gasteiger partial charge in [-0.05, 0) is 126 Å². The van der Waals surface area contributed by atoms with Gasteiger partial charge in [0, 0.05) is 60.2 Å². The van der Waals surface area contributed by atoms with Crippen LogP contribution in [0.3, 0.4) is 0 Å². The molecule has 23 atom stereocenters. The minimum Gasteiger partial charge on any atom is -0.508 e. The second-order valence-corrected chi connectivity index (χ2v) is 31.7. The third-order valence-electron chi connectivity index (χ3n) is 21.8. The van der Waals surface area contributed by atoms with Gasteiger partial charge >= 0.3 is 5.97 Å². The van der Waals surface area contributed by atoms with Gasteiger partial charge in [0.15, 0.2) is 23.8 Å². The number of hydrogen-bond acceptors (Lipinski definition) is 32. The van der Waals surface area contributed by atoms with Gasteiger partial charge in [0.2, 0.25) is 59.7 Å². The first-order chi connectivity index (χ1) is 59.0. The number of aromatic hydroxyl groups is 4. The van der Waals surface area contributed by atoms with Crippen molar-refractivity contribution in [3.05, 3.63) is 164 Å². The minimum atomic E-state index is -2.55. The number of rotatable bonds is 13. The Morgan fingerprint density at radius 1 is 0.508 bits per heavy atom. The van der Waals surface area contributed by atoms with Crippen molar-refractivity contribution in [2.45, 2.75) is 175 Å². The smallest absolute Gasteiger partial charge is 0.330 e. The molecule has 660 valence electrons. The maximum absolute atomic E-state index is 16.9. The lowest BCUT2D eigenvalue weighted by Gasteiger charge is -2.44. The molecule has 0 spiro atoms. The molecule has 0 aromatic heterocycles. The van der Waals surface area contributed by atoms with E-state index in [4.69, 9.17) is 65.8 Å². The van der Waals surface area contributed by atoms with Gasteiger partial charge in [-0.3, -0.25) is 38.9 Å². The average molecular weight is 1770 g/mol. The summed E-state index contributed by atoms with van der Waals surface area (Å²) in [5.41, 5.74) is -3.39. The molecular weight excluding hydrogens is 1680 g/mol. The Labute approximate surface area is 712 Å². The summed E-state index contributed by atoms with van der Waals surface area (Å²) in [6.45, 7) is 2.80. The minimum absolute atomic E-state index is 0.121. The van der Waals surface area contributed by atoms with Crippen LogP contribution in [0.25, 0.3) is 11.1 Å². The summed E-state index contributed by atoms with van der Waals surface area (Å²) in [7, 11) is 0. The predicted octanol–water partition coefficient (Wildman–Crippen LogP) is 0.214. The molecular formula is C82H86Cl2N8O32. The van der Waals surface area contributed by atoms with Gasteiger partial charge < -0.3 is 156 Å². The number of ether oxygens (including phenoxy) is 9. The highest BCUT2D eigenvalue weighted by molar-refractivity contribution is 6.32. The first kappa shape index (κ1) is 88.8. The maximum atomic E-state index is 16.9. The van der Waals surface area contributed by atoms with E-state index in [0.29, 0.717) is 0 Å². The number of carboxylic acids is 1. The number of phenolic OH excluding ortho intramolecular Hbond substituents is 4. The average Bonchev–Trinajstić information content (AvgIpc) is 0.765. The van der Waals surface area contributed by atoms with E-state index in [1.54, 1.807) is 13.8 Å². The fourth-order valence-corrected chi connectivity index (χ4v) is 16.0. The number of nitrogens with one attached hydrogen (secondary N) is 8. The predicted molar refractivity (Wildman–Crippen MR) is 422 cm³/mol. The Kier molecular flexibility index (Phi) is 26.0. The van der Waals surface area contributed by atoms with Crippen LogP contribution < -0.4 is 66.2 Å². The molecule has 124 heavy (non-hydrogen) atoms. The van der Waals surface area contributed by atoms with Crippen molar-refractivity contribution in [2.75, 3.05) is 19.8 Å². The number of amides is 7. The Hall–Kier alpha value is -11.5. The summed E-state index contributed by atoms with van der Waals surface area (Å²) >= 11 is 14.6. The van der Waals surface area contributed by atoms with E-state index in [-0.39, 0.29) is 44.5 Å². The molecule has 7 aromatic rings. The molecule has 0 aliphatic carbocycles. The van der Waals surface area contributed by atoms with Gasteiger partial charge in [-0.1, -0.05) is 48.3 Å². The highest BCUT2D eigenvalue weighted by Crippen LogP contribution is 2.51. The molecule has 9 aliphatic rings. The Morgan fingerprint density at radius 2 is 1.05 bits per heavy atom. The molecule has 17 bridgehead atoms. The SMILES string of the molecule is CC(=O)NC1C(O[C@@H]2c3ccc(c(Cl)c3)Oc3cc4cc(c3OC3OC(CO)C(O)C(O)C3C)Oc3ccc(cc3Cl)C[C@H]3NC(=O)[C@H](NC(C)C)c5cc(O)cc(c5)Oc5cc(O)cc(c5)[C@H](NC3=O)C(=O)N[C@H]4C(=O)N[C@H]3C(=O)N[C@@H]2C(=O)N[C@H](C(=O)O)c2cc(O)cc(OC4OC(CO)C(O)C(O)C4O)c2-c2cc3ccc2O)OC(CO)C(O)C1O. The summed E-state index contributed by atoms with van der Waals surface area (Å²) in [6, 6.07) is 3.42. The quantitative estimate of drug-likeness (QED) is 0.0734.